The number of hydrogen-bond acceptors (Lipinski definition) is 0. The average Bonchev–Trinajstić information content (AvgIpc) is 2.56. The number of rotatable bonds is 3. The molecule has 22 heavy (non-hydrogen) atoms. The molecular weight excluding hydrogens is 288 g/mol. The molecule has 0 aliphatic carbocycles. The Morgan fingerprint density at radius 1 is 0.591 bits per heavy atom. The highest BCUT2D eigenvalue weighted by atomic mass is 35.5. The quantitative estimate of drug-likeness (QED) is 0.421. The zero-order valence-corrected chi connectivity index (χ0v) is 13.6. The maximum Gasteiger partial charge on any atom is 0.120 e. The van der Waals surface area contributed by atoms with Crippen molar-refractivity contribution in [2.75, 3.05) is 0 Å². The van der Waals surface area contributed by atoms with Crippen molar-refractivity contribution in [3.63, 3.8) is 0 Å². The SMILES string of the molecule is Cc1cccc(C)c1C(Cl)(c1ccccc1)c1ccccc1. The number of halogens is 1. The lowest BCUT2D eigenvalue weighted by molar-refractivity contribution is 0.857. The monoisotopic (exact) mass is 306 g/mol. The normalized spacial score (nSPS) is 11.4. The van der Waals surface area contributed by atoms with Crippen LogP contribution in [0.1, 0.15) is 27.8 Å². The van der Waals surface area contributed by atoms with Gasteiger partial charge in [-0.15, -0.1) is 11.6 Å². The second kappa shape index (κ2) is 5.98. The molecule has 0 heterocycles. The van der Waals surface area contributed by atoms with Crippen molar-refractivity contribution in [1.82, 2.24) is 0 Å². The molecule has 0 spiro atoms. The molecule has 0 nitrogen and oxygen atoms in total. The number of hydrogen-bond donors (Lipinski definition) is 0. The summed E-state index contributed by atoms with van der Waals surface area (Å²) in [7, 11) is 0. The Kier molecular flexibility index (Phi) is 4.04. The fraction of sp³-hybridized carbons (Fsp3) is 0.143. The van der Waals surface area contributed by atoms with Crippen LogP contribution < -0.4 is 0 Å². The van der Waals surface area contributed by atoms with Gasteiger partial charge in [0.2, 0.25) is 0 Å². The molecule has 0 fully saturated rings. The first-order chi connectivity index (χ1) is 10.6. The highest BCUT2D eigenvalue weighted by molar-refractivity contribution is 6.28. The molecule has 3 rings (SSSR count). The van der Waals surface area contributed by atoms with E-state index in [-0.39, 0.29) is 0 Å². The molecule has 0 saturated carbocycles. The summed E-state index contributed by atoms with van der Waals surface area (Å²) in [5.41, 5.74) is 5.79. The van der Waals surface area contributed by atoms with Crippen LogP contribution >= 0.6 is 11.6 Å². The Labute approximate surface area is 137 Å². The summed E-state index contributed by atoms with van der Waals surface area (Å²) in [6.45, 7) is 4.26. The predicted molar refractivity (Wildman–Crippen MR) is 94.5 cm³/mol. The fourth-order valence-electron chi connectivity index (χ4n) is 3.15. The minimum absolute atomic E-state index is 0.669. The van der Waals surface area contributed by atoms with E-state index in [0.29, 0.717) is 0 Å². The van der Waals surface area contributed by atoms with Gasteiger partial charge in [-0.25, -0.2) is 0 Å². The van der Waals surface area contributed by atoms with E-state index in [2.05, 4.69) is 56.3 Å². The topological polar surface area (TPSA) is 0 Å². The van der Waals surface area contributed by atoms with Crippen LogP contribution in [0.4, 0.5) is 0 Å². The van der Waals surface area contributed by atoms with Gasteiger partial charge in [0.1, 0.15) is 4.87 Å². The van der Waals surface area contributed by atoms with Crippen LogP contribution in [0.25, 0.3) is 0 Å². The lowest BCUT2D eigenvalue weighted by Gasteiger charge is -2.32. The molecule has 0 saturated heterocycles. The van der Waals surface area contributed by atoms with Crippen LogP contribution in [0, 0.1) is 13.8 Å². The van der Waals surface area contributed by atoms with Crippen LogP contribution in [0.5, 0.6) is 0 Å². The summed E-state index contributed by atoms with van der Waals surface area (Å²) in [6.07, 6.45) is 0. The van der Waals surface area contributed by atoms with Crippen molar-refractivity contribution in [3.05, 3.63) is 107 Å². The Hall–Kier alpha value is -2.05. The molecule has 3 aromatic carbocycles. The van der Waals surface area contributed by atoms with E-state index in [9.17, 15) is 0 Å². The zero-order chi connectivity index (χ0) is 15.6. The average molecular weight is 307 g/mol. The van der Waals surface area contributed by atoms with Crippen LogP contribution in [0.3, 0.4) is 0 Å². The first-order valence-electron chi connectivity index (χ1n) is 7.50. The largest absolute Gasteiger partial charge is 0.120 e. The van der Waals surface area contributed by atoms with Gasteiger partial charge in [0, 0.05) is 0 Å². The molecule has 0 N–H and O–H groups in total. The van der Waals surface area contributed by atoms with Crippen molar-refractivity contribution in [2.24, 2.45) is 0 Å². The van der Waals surface area contributed by atoms with Crippen LogP contribution in [0.15, 0.2) is 78.9 Å². The Morgan fingerprint density at radius 3 is 1.41 bits per heavy atom. The molecule has 0 radical (unpaired) electrons. The zero-order valence-electron chi connectivity index (χ0n) is 12.9. The molecule has 1 heteroatoms. The summed E-state index contributed by atoms with van der Waals surface area (Å²) in [5.74, 6) is 0. The third-order valence-electron chi connectivity index (χ3n) is 4.17. The van der Waals surface area contributed by atoms with E-state index in [1.165, 1.54) is 16.7 Å². The van der Waals surface area contributed by atoms with Crippen molar-refractivity contribution in [2.45, 2.75) is 18.7 Å². The van der Waals surface area contributed by atoms with E-state index >= 15 is 0 Å². The maximum atomic E-state index is 7.33. The highest BCUT2D eigenvalue weighted by Crippen LogP contribution is 2.45. The maximum absolute atomic E-state index is 7.33. The minimum Gasteiger partial charge on any atom is -0.104 e. The van der Waals surface area contributed by atoms with E-state index in [0.717, 1.165) is 11.1 Å². The predicted octanol–water partition coefficient (Wildman–Crippen LogP) is 5.83. The molecule has 0 aliphatic heterocycles. The summed E-state index contributed by atoms with van der Waals surface area (Å²) >= 11 is 7.33. The van der Waals surface area contributed by atoms with Crippen molar-refractivity contribution in [1.29, 1.82) is 0 Å². The van der Waals surface area contributed by atoms with Crippen molar-refractivity contribution < 1.29 is 0 Å². The molecule has 0 aliphatic rings. The van der Waals surface area contributed by atoms with Gasteiger partial charge in [-0.1, -0.05) is 78.9 Å². The second-order valence-corrected chi connectivity index (χ2v) is 6.22. The molecule has 0 atom stereocenters. The first kappa shape index (κ1) is 14.9. The van der Waals surface area contributed by atoms with Gasteiger partial charge < -0.3 is 0 Å². The van der Waals surface area contributed by atoms with Crippen molar-refractivity contribution >= 4 is 11.6 Å². The Bertz CT molecular complexity index is 701. The smallest absolute Gasteiger partial charge is 0.104 e. The van der Waals surface area contributed by atoms with Crippen LogP contribution in [0.2, 0.25) is 0 Å². The van der Waals surface area contributed by atoms with Gasteiger partial charge in [0.25, 0.3) is 0 Å². The fourth-order valence-corrected chi connectivity index (χ4v) is 3.70. The number of alkyl halides is 1. The molecular formula is C21H19Cl. The van der Waals surface area contributed by atoms with Crippen LogP contribution in [-0.2, 0) is 4.87 Å². The standard InChI is InChI=1S/C21H19Cl/c1-16-10-9-11-17(2)20(16)21(22,18-12-5-3-6-13-18)19-14-7-4-8-15-19/h3-15H,1-2H3. The van der Waals surface area contributed by atoms with Gasteiger partial charge in [-0.3, -0.25) is 0 Å². The lowest BCUT2D eigenvalue weighted by Crippen LogP contribution is -2.24. The molecule has 0 aromatic heterocycles. The molecule has 3 aromatic rings. The van der Waals surface area contributed by atoms with E-state index < -0.39 is 4.87 Å². The van der Waals surface area contributed by atoms with Gasteiger partial charge in [-0.05, 0) is 41.7 Å². The summed E-state index contributed by atoms with van der Waals surface area (Å²) < 4.78 is 0. The third kappa shape index (κ3) is 2.44. The minimum atomic E-state index is -0.669. The second-order valence-electron chi connectivity index (χ2n) is 5.66. The van der Waals surface area contributed by atoms with E-state index in [1.54, 1.807) is 0 Å². The van der Waals surface area contributed by atoms with Gasteiger partial charge in [0.05, 0.1) is 0 Å². The number of aryl methyl sites for hydroxylation is 2. The third-order valence-corrected chi connectivity index (χ3v) is 4.79. The molecule has 0 unspecified atom stereocenters. The van der Waals surface area contributed by atoms with Gasteiger partial charge in [0.15, 0.2) is 0 Å². The summed E-state index contributed by atoms with van der Waals surface area (Å²) in [4.78, 5) is -0.669. The van der Waals surface area contributed by atoms with E-state index in [1.807, 2.05) is 36.4 Å². The highest BCUT2D eigenvalue weighted by Gasteiger charge is 2.36. The Balaban J connectivity index is 2.34. The lowest BCUT2D eigenvalue weighted by atomic mass is 9.80. The van der Waals surface area contributed by atoms with Gasteiger partial charge >= 0.3 is 0 Å². The van der Waals surface area contributed by atoms with Crippen molar-refractivity contribution in [3.8, 4) is 0 Å². The first-order valence-corrected chi connectivity index (χ1v) is 7.88. The molecule has 0 bridgehead atoms. The Morgan fingerprint density at radius 2 is 1.00 bits per heavy atom. The van der Waals surface area contributed by atoms with Crippen LogP contribution in [-0.4, -0.2) is 0 Å². The summed E-state index contributed by atoms with van der Waals surface area (Å²) in [6, 6.07) is 27.0. The summed E-state index contributed by atoms with van der Waals surface area (Å²) in [5, 5.41) is 0. The van der Waals surface area contributed by atoms with E-state index in [4.69, 9.17) is 11.6 Å². The molecule has 0 amide bonds. The number of benzene rings is 3. The molecule has 110 valence electrons. The van der Waals surface area contributed by atoms with Gasteiger partial charge in [-0.2, -0.15) is 0 Å².